The zero-order chi connectivity index (χ0) is 12.0. The first-order valence-corrected chi connectivity index (χ1v) is 6.38. The monoisotopic (exact) mass is 284 g/mol. The summed E-state index contributed by atoms with van der Waals surface area (Å²) >= 11 is 3.32. The number of pyridine rings is 1. The summed E-state index contributed by atoms with van der Waals surface area (Å²) in [7, 11) is 0. The van der Waals surface area contributed by atoms with Gasteiger partial charge in [-0.1, -0.05) is 20.3 Å². The van der Waals surface area contributed by atoms with Gasteiger partial charge >= 0.3 is 0 Å². The van der Waals surface area contributed by atoms with E-state index in [0.717, 1.165) is 29.4 Å². The Kier molecular flexibility index (Phi) is 5.46. The number of hydrogen-bond donors (Lipinski definition) is 1. The number of anilines is 1. The number of nitrogens with zero attached hydrogens (tertiary/aromatic N) is 1. The smallest absolute Gasteiger partial charge is 0.227 e. The summed E-state index contributed by atoms with van der Waals surface area (Å²) in [5, 5.41) is 2.89. The second kappa shape index (κ2) is 6.63. The Morgan fingerprint density at radius 2 is 2.25 bits per heavy atom. The highest BCUT2D eigenvalue weighted by Gasteiger charge is 2.15. The van der Waals surface area contributed by atoms with Gasteiger partial charge in [-0.3, -0.25) is 9.78 Å². The van der Waals surface area contributed by atoms with Gasteiger partial charge in [0, 0.05) is 16.6 Å². The highest BCUT2D eigenvalue weighted by molar-refractivity contribution is 9.10. The molecule has 0 radical (unpaired) electrons. The predicted molar refractivity (Wildman–Crippen MR) is 69.3 cm³/mol. The van der Waals surface area contributed by atoms with Crippen LogP contribution >= 0.6 is 15.9 Å². The third kappa shape index (κ3) is 3.93. The number of rotatable bonds is 5. The predicted octanol–water partition coefficient (Wildman–Crippen LogP) is 3.61. The van der Waals surface area contributed by atoms with Crippen LogP contribution in [0.5, 0.6) is 0 Å². The molecule has 1 heterocycles. The van der Waals surface area contributed by atoms with Gasteiger partial charge in [0.2, 0.25) is 5.91 Å². The lowest BCUT2D eigenvalue weighted by Crippen LogP contribution is -2.22. The molecule has 0 aliphatic heterocycles. The summed E-state index contributed by atoms with van der Waals surface area (Å²) in [4.78, 5) is 15.9. The zero-order valence-corrected chi connectivity index (χ0v) is 11.3. The molecule has 88 valence electrons. The minimum atomic E-state index is 0.0873. The van der Waals surface area contributed by atoms with Crippen molar-refractivity contribution in [2.75, 3.05) is 5.32 Å². The van der Waals surface area contributed by atoms with Crippen molar-refractivity contribution in [1.82, 2.24) is 4.98 Å². The number of halogens is 1. The van der Waals surface area contributed by atoms with E-state index < -0.39 is 0 Å². The van der Waals surface area contributed by atoms with E-state index in [1.54, 1.807) is 12.4 Å². The molecule has 0 aromatic carbocycles. The van der Waals surface area contributed by atoms with E-state index in [-0.39, 0.29) is 11.8 Å². The van der Waals surface area contributed by atoms with Gasteiger partial charge < -0.3 is 5.32 Å². The average Bonchev–Trinajstić information content (AvgIpc) is 2.25. The van der Waals surface area contributed by atoms with E-state index in [0.29, 0.717) is 0 Å². The molecule has 0 saturated carbocycles. The first-order chi connectivity index (χ1) is 7.67. The van der Waals surface area contributed by atoms with Gasteiger partial charge in [0.1, 0.15) is 0 Å². The fourth-order valence-electron chi connectivity index (χ4n) is 1.59. The van der Waals surface area contributed by atoms with Crippen LogP contribution in [0, 0.1) is 5.92 Å². The Labute approximate surface area is 105 Å². The molecule has 16 heavy (non-hydrogen) atoms. The summed E-state index contributed by atoms with van der Waals surface area (Å²) in [5.41, 5.74) is 0.744. The molecule has 1 unspecified atom stereocenters. The van der Waals surface area contributed by atoms with Crippen LogP contribution in [0.3, 0.4) is 0 Å². The second-order valence-corrected chi connectivity index (χ2v) is 4.69. The third-order valence-electron chi connectivity index (χ3n) is 2.47. The lowest BCUT2D eigenvalue weighted by molar-refractivity contribution is -0.120. The van der Waals surface area contributed by atoms with Crippen molar-refractivity contribution in [3.63, 3.8) is 0 Å². The Bertz CT molecular complexity index is 355. The first kappa shape index (κ1) is 13.2. The van der Waals surface area contributed by atoms with Crippen LogP contribution in [0.25, 0.3) is 0 Å². The quantitative estimate of drug-likeness (QED) is 0.898. The van der Waals surface area contributed by atoms with E-state index in [1.165, 1.54) is 0 Å². The molecular formula is C12H17BrN2O. The van der Waals surface area contributed by atoms with E-state index in [9.17, 15) is 4.79 Å². The first-order valence-electron chi connectivity index (χ1n) is 5.58. The maximum absolute atomic E-state index is 11.9. The third-order valence-corrected chi connectivity index (χ3v) is 2.91. The number of nitrogens with one attached hydrogen (secondary N) is 1. The van der Waals surface area contributed by atoms with E-state index in [2.05, 4.69) is 33.2 Å². The van der Waals surface area contributed by atoms with Crippen molar-refractivity contribution in [3.05, 3.63) is 22.9 Å². The van der Waals surface area contributed by atoms with Crippen molar-refractivity contribution < 1.29 is 4.79 Å². The molecule has 1 amide bonds. The minimum Gasteiger partial charge on any atom is -0.324 e. The zero-order valence-electron chi connectivity index (χ0n) is 9.66. The van der Waals surface area contributed by atoms with Crippen LogP contribution in [0.15, 0.2) is 22.9 Å². The Balaban J connectivity index is 2.62. The Morgan fingerprint density at radius 1 is 1.50 bits per heavy atom. The van der Waals surface area contributed by atoms with Crippen molar-refractivity contribution in [3.8, 4) is 0 Å². The van der Waals surface area contributed by atoms with Crippen molar-refractivity contribution in [2.24, 2.45) is 5.92 Å². The minimum absolute atomic E-state index is 0.0873. The van der Waals surface area contributed by atoms with Crippen LogP contribution < -0.4 is 5.32 Å². The molecule has 0 aliphatic rings. The van der Waals surface area contributed by atoms with Gasteiger partial charge in [0.15, 0.2) is 0 Å². The molecule has 3 nitrogen and oxygen atoms in total. The molecule has 1 aromatic heterocycles. The average molecular weight is 285 g/mol. The van der Waals surface area contributed by atoms with Crippen LogP contribution in [0.1, 0.15) is 33.1 Å². The van der Waals surface area contributed by atoms with Gasteiger partial charge in [-0.25, -0.2) is 0 Å². The largest absolute Gasteiger partial charge is 0.324 e. The Hall–Kier alpha value is -0.900. The standard InChI is InChI=1S/C12H17BrN2O/c1-3-5-9(4-2)12(16)15-11-6-10(13)7-14-8-11/h6-9H,3-5H2,1-2H3,(H,15,16). The SMILES string of the molecule is CCCC(CC)C(=O)Nc1cncc(Br)c1. The molecule has 1 N–H and O–H groups in total. The number of aromatic nitrogens is 1. The molecular weight excluding hydrogens is 268 g/mol. The number of amides is 1. The second-order valence-electron chi connectivity index (χ2n) is 3.77. The highest BCUT2D eigenvalue weighted by atomic mass is 79.9. The number of hydrogen-bond acceptors (Lipinski definition) is 2. The topological polar surface area (TPSA) is 42.0 Å². The lowest BCUT2D eigenvalue weighted by Gasteiger charge is -2.13. The lowest BCUT2D eigenvalue weighted by atomic mass is 10.00. The van der Waals surface area contributed by atoms with E-state index in [1.807, 2.05) is 13.0 Å². The molecule has 0 bridgehead atoms. The molecule has 1 atom stereocenters. The maximum Gasteiger partial charge on any atom is 0.227 e. The van der Waals surface area contributed by atoms with Crippen molar-refractivity contribution in [1.29, 1.82) is 0 Å². The summed E-state index contributed by atoms with van der Waals surface area (Å²) in [6.07, 6.45) is 6.19. The number of carbonyl (C=O) groups is 1. The van der Waals surface area contributed by atoms with E-state index in [4.69, 9.17) is 0 Å². The number of carbonyl (C=O) groups excluding carboxylic acids is 1. The molecule has 1 rings (SSSR count). The fraction of sp³-hybridized carbons (Fsp3) is 0.500. The van der Waals surface area contributed by atoms with Crippen LogP contribution in [0.4, 0.5) is 5.69 Å². The molecule has 0 aliphatic carbocycles. The highest BCUT2D eigenvalue weighted by Crippen LogP contribution is 2.17. The van der Waals surface area contributed by atoms with Gasteiger partial charge in [0.05, 0.1) is 11.9 Å². The summed E-state index contributed by atoms with van der Waals surface area (Å²) in [5.74, 6) is 0.188. The summed E-state index contributed by atoms with van der Waals surface area (Å²) in [6.45, 7) is 4.13. The van der Waals surface area contributed by atoms with Crippen molar-refractivity contribution >= 4 is 27.5 Å². The molecule has 0 fully saturated rings. The van der Waals surface area contributed by atoms with Crippen LogP contribution in [-0.2, 0) is 4.79 Å². The summed E-state index contributed by atoms with van der Waals surface area (Å²) in [6, 6.07) is 1.85. The van der Waals surface area contributed by atoms with Crippen LogP contribution in [0.2, 0.25) is 0 Å². The van der Waals surface area contributed by atoms with Gasteiger partial charge in [-0.05, 0) is 34.8 Å². The van der Waals surface area contributed by atoms with E-state index >= 15 is 0 Å². The summed E-state index contributed by atoms with van der Waals surface area (Å²) < 4.78 is 0.869. The molecule has 0 spiro atoms. The van der Waals surface area contributed by atoms with Gasteiger partial charge in [-0.15, -0.1) is 0 Å². The normalized spacial score (nSPS) is 12.2. The van der Waals surface area contributed by atoms with Crippen LogP contribution in [-0.4, -0.2) is 10.9 Å². The Morgan fingerprint density at radius 3 is 2.81 bits per heavy atom. The van der Waals surface area contributed by atoms with Gasteiger partial charge in [0.25, 0.3) is 0 Å². The van der Waals surface area contributed by atoms with Gasteiger partial charge in [-0.2, -0.15) is 0 Å². The fourth-order valence-corrected chi connectivity index (χ4v) is 1.96. The molecule has 4 heteroatoms. The molecule has 1 aromatic rings. The maximum atomic E-state index is 11.9. The van der Waals surface area contributed by atoms with Crippen molar-refractivity contribution in [2.45, 2.75) is 33.1 Å². The molecule has 0 saturated heterocycles.